The van der Waals surface area contributed by atoms with Crippen LogP contribution < -0.4 is 5.32 Å². The van der Waals surface area contributed by atoms with Gasteiger partial charge in [0.15, 0.2) is 0 Å². The first-order valence-corrected chi connectivity index (χ1v) is 11.6. The Hall–Kier alpha value is -3.19. The lowest BCUT2D eigenvalue weighted by Crippen LogP contribution is -2.45. The number of aromatic nitrogens is 1. The quantitative estimate of drug-likeness (QED) is 0.619. The third-order valence-corrected chi connectivity index (χ3v) is 7.38. The van der Waals surface area contributed by atoms with E-state index in [1.807, 2.05) is 36.9 Å². The zero-order valence-corrected chi connectivity index (χ0v) is 18.9. The number of amides is 2. The van der Waals surface area contributed by atoms with Crippen molar-refractivity contribution in [2.75, 3.05) is 13.1 Å². The normalized spacial score (nSPS) is 21.3. The molecule has 7 heteroatoms. The van der Waals surface area contributed by atoms with E-state index in [1.165, 1.54) is 12.1 Å². The number of rotatable bonds is 5. The van der Waals surface area contributed by atoms with Gasteiger partial charge in [-0.2, -0.15) is 0 Å². The van der Waals surface area contributed by atoms with Crippen LogP contribution in [0.15, 0.2) is 48.5 Å². The van der Waals surface area contributed by atoms with E-state index < -0.39 is 0 Å². The molecular formula is C25H25N3O3S. The maximum absolute atomic E-state index is 13.6. The van der Waals surface area contributed by atoms with Crippen molar-refractivity contribution in [2.24, 2.45) is 11.8 Å². The van der Waals surface area contributed by atoms with Crippen molar-refractivity contribution in [1.29, 1.82) is 0 Å². The van der Waals surface area contributed by atoms with E-state index in [-0.39, 0.29) is 23.6 Å². The van der Waals surface area contributed by atoms with Crippen LogP contribution in [0.4, 0.5) is 0 Å². The van der Waals surface area contributed by atoms with Crippen LogP contribution in [0, 0.1) is 25.7 Å². The van der Waals surface area contributed by atoms with Gasteiger partial charge in [-0.15, -0.1) is 11.3 Å². The lowest BCUT2D eigenvalue weighted by atomic mass is 10.1. The van der Waals surface area contributed by atoms with Gasteiger partial charge in [0.05, 0.1) is 15.9 Å². The summed E-state index contributed by atoms with van der Waals surface area (Å²) in [6.07, 6.45) is 1.09. The van der Waals surface area contributed by atoms with Gasteiger partial charge in [0, 0.05) is 18.7 Å². The van der Waals surface area contributed by atoms with Crippen LogP contribution in [0.3, 0.4) is 0 Å². The molecule has 1 saturated heterocycles. The third-order valence-electron chi connectivity index (χ3n) is 6.36. The number of fused-ring (bicyclic) bond motifs is 1. The molecule has 1 aliphatic heterocycles. The van der Waals surface area contributed by atoms with E-state index in [9.17, 15) is 14.7 Å². The molecule has 2 aliphatic rings. The number of likely N-dealkylation sites (tertiary alicyclic amines) is 1. The molecule has 5 rings (SSSR count). The number of hydrogen-bond donors (Lipinski definition) is 2. The first-order chi connectivity index (χ1) is 15.4. The minimum atomic E-state index is -0.248. The van der Waals surface area contributed by atoms with Gasteiger partial charge in [0.1, 0.15) is 11.4 Å². The molecule has 164 valence electrons. The molecule has 0 radical (unpaired) electrons. The Kier molecular flexibility index (Phi) is 5.21. The molecule has 2 amide bonds. The molecule has 3 aromatic rings. The molecule has 1 aromatic heterocycles. The van der Waals surface area contributed by atoms with Gasteiger partial charge in [0.2, 0.25) is 0 Å². The first-order valence-electron chi connectivity index (χ1n) is 10.8. The largest absolute Gasteiger partial charge is 0.508 e. The Morgan fingerprint density at radius 2 is 2.00 bits per heavy atom. The molecule has 6 nitrogen and oxygen atoms in total. The van der Waals surface area contributed by atoms with Crippen LogP contribution in [0.25, 0.3) is 10.4 Å². The Bertz CT molecular complexity index is 1200. The van der Waals surface area contributed by atoms with Gasteiger partial charge in [-0.05, 0) is 55.9 Å². The Morgan fingerprint density at radius 1 is 1.19 bits per heavy atom. The summed E-state index contributed by atoms with van der Waals surface area (Å²) in [5, 5.41) is 13.5. The number of benzene rings is 2. The molecule has 0 spiro atoms. The predicted octanol–water partition coefficient (Wildman–Crippen LogP) is 4.02. The highest BCUT2D eigenvalue weighted by Gasteiger charge is 2.54. The number of nitrogens with one attached hydrogen (secondary N) is 1. The number of carbonyl (C=O) groups excluding carboxylic acids is 2. The van der Waals surface area contributed by atoms with Gasteiger partial charge >= 0.3 is 0 Å². The van der Waals surface area contributed by atoms with Gasteiger partial charge in [-0.1, -0.05) is 35.9 Å². The van der Waals surface area contributed by atoms with Crippen molar-refractivity contribution in [3.63, 3.8) is 0 Å². The second-order valence-electron chi connectivity index (χ2n) is 8.72. The summed E-state index contributed by atoms with van der Waals surface area (Å²) < 4.78 is 0. The topological polar surface area (TPSA) is 82.5 Å². The van der Waals surface area contributed by atoms with E-state index in [4.69, 9.17) is 0 Å². The van der Waals surface area contributed by atoms with E-state index in [2.05, 4.69) is 16.4 Å². The number of piperidine rings is 1. The molecule has 3 atom stereocenters. The predicted molar refractivity (Wildman–Crippen MR) is 124 cm³/mol. The highest BCUT2D eigenvalue weighted by Crippen LogP contribution is 2.50. The third kappa shape index (κ3) is 3.88. The van der Waals surface area contributed by atoms with Crippen molar-refractivity contribution in [3.05, 3.63) is 70.4 Å². The van der Waals surface area contributed by atoms with E-state index in [1.54, 1.807) is 23.5 Å². The number of aromatic hydroxyl groups is 1. The highest BCUT2D eigenvalue weighted by molar-refractivity contribution is 7.15. The number of carbonyl (C=O) groups is 2. The number of phenolic OH excluding ortho intramolecular Hbond substituents is 1. The second kappa shape index (κ2) is 8.06. The smallest absolute Gasteiger partial charge is 0.274 e. The van der Waals surface area contributed by atoms with Gasteiger partial charge in [-0.25, -0.2) is 4.98 Å². The summed E-state index contributed by atoms with van der Waals surface area (Å²) in [7, 11) is 0. The van der Waals surface area contributed by atoms with Crippen LogP contribution >= 0.6 is 11.3 Å². The molecular weight excluding hydrogens is 422 g/mol. The molecule has 1 saturated carbocycles. The molecule has 2 heterocycles. The Labute approximate surface area is 190 Å². The van der Waals surface area contributed by atoms with E-state index in [0.29, 0.717) is 36.2 Å². The van der Waals surface area contributed by atoms with Crippen molar-refractivity contribution in [1.82, 2.24) is 15.2 Å². The summed E-state index contributed by atoms with van der Waals surface area (Å²) in [4.78, 5) is 33.6. The zero-order chi connectivity index (χ0) is 22.4. The maximum Gasteiger partial charge on any atom is 0.274 e. The minimum Gasteiger partial charge on any atom is -0.508 e. The van der Waals surface area contributed by atoms with E-state index >= 15 is 0 Å². The van der Waals surface area contributed by atoms with Gasteiger partial charge in [-0.3, -0.25) is 9.59 Å². The fourth-order valence-corrected chi connectivity index (χ4v) is 5.61. The van der Waals surface area contributed by atoms with Crippen LogP contribution in [0.1, 0.15) is 37.8 Å². The van der Waals surface area contributed by atoms with Crippen LogP contribution in [0.2, 0.25) is 0 Å². The molecule has 2 aromatic carbocycles. The minimum absolute atomic E-state index is 0.0406. The van der Waals surface area contributed by atoms with Crippen molar-refractivity contribution in [2.45, 2.75) is 26.3 Å². The standard InChI is InChI=1S/C25H25N3O3S/c1-14-5-3-6-16(9-14)23-22(27-15(2)32-23)25(31)28-13-18-11-20(18)21(28)12-26-24(30)17-7-4-8-19(29)10-17/h3-10,18,20-21,29H,11-13H2,1-2H3,(H,26,30)/t18-,20-,21-/m1/s1. The van der Waals surface area contributed by atoms with E-state index in [0.717, 1.165) is 27.4 Å². The zero-order valence-electron chi connectivity index (χ0n) is 18.0. The average molecular weight is 448 g/mol. The van der Waals surface area contributed by atoms with Gasteiger partial charge in [0.25, 0.3) is 11.8 Å². The van der Waals surface area contributed by atoms with Crippen LogP contribution in [-0.4, -0.2) is 45.9 Å². The number of hydrogen-bond acceptors (Lipinski definition) is 5. The lowest BCUT2D eigenvalue weighted by molar-refractivity contribution is 0.0690. The molecule has 0 bridgehead atoms. The monoisotopic (exact) mass is 447 g/mol. The molecule has 32 heavy (non-hydrogen) atoms. The van der Waals surface area contributed by atoms with Gasteiger partial charge < -0.3 is 15.3 Å². The van der Waals surface area contributed by atoms with Crippen molar-refractivity contribution in [3.8, 4) is 16.2 Å². The van der Waals surface area contributed by atoms with Crippen LogP contribution in [-0.2, 0) is 0 Å². The molecule has 2 fully saturated rings. The summed E-state index contributed by atoms with van der Waals surface area (Å²) in [6.45, 7) is 5.07. The number of aryl methyl sites for hydroxylation is 2. The first kappa shape index (κ1) is 20.7. The average Bonchev–Trinajstić information content (AvgIpc) is 3.28. The lowest BCUT2D eigenvalue weighted by Gasteiger charge is -2.27. The molecule has 2 N–H and O–H groups in total. The molecule has 0 unspecified atom stereocenters. The van der Waals surface area contributed by atoms with Crippen molar-refractivity contribution >= 4 is 23.2 Å². The molecule has 1 aliphatic carbocycles. The Balaban J connectivity index is 1.36. The number of phenols is 1. The summed E-state index contributed by atoms with van der Waals surface area (Å²) in [5.41, 5.74) is 3.06. The fraction of sp³-hybridized carbons (Fsp3) is 0.320. The van der Waals surface area contributed by atoms with Crippen molar-refractivity contribution < 1.29 is 14.7 Å². The second-order valence-corrected chi connectivity index (χ2v) is 9.93. The SMILES string of the molecule is Cc1cccc(-c2sc(C)nc2C(=O)N2C[C@H]3C[C@H]3[C@H]2CNC(=O)c2cccc(O)c2)c1. The number of thiazole rings is 1. The number of nitrogens with zero attached hydrogens (tertiary/aromatic N) is 2. The summed E-state index contributed by atoms with van der Waals surface area (Å²) in [6, 6.07) is 14.4. The van der Waals surface area contributed by atoms with Crippen LogP contribution in [0.5, 0.6) is 5.75 Å². The summed E-state index contributed by atoms with van der Waals surface area (Å²) in [5.74, 6) is 0.673. The Morgan fingerprint density at radius 3 is 2.78 bits per heavy atom. The highest BCUT2D eigenvalue weighted by atomic mass is 32.1. The fourth-order valence-electron chi connectivity index (χ4n) is 4.70. The summed E-state index contributed by atoms with van der Waals surface area (Å²) >= 11 is 1.54. The maximum atomic E-state index is 13.6.